The number of para-hydroxylation sites is 3. The van der Waals surface area contributed by atoms with Gasteiger partial charge in [0.25, 0.3) is 34.4 Å². The van der Waals surface area contributed by atoms with Crippen LogP contribution < -0.4 is 57.6 Å². The zero-order valence-corrected chi connectivity index (χ0v) is 73.1. The smallest absolute Gasteiger partial charge is 0.264 e. The highest BCUT2D eigenvalue weighted by atomic mass is 35.5. The van der Waals surface area contributed by atoms with E-state index in [1.54, 1.807) is 55.9 Å². The highest BCUT2D eigenvalue weighted by Gasteiger charge is 2.38. The van der Waals surface area contributed by atoms with E-state index in [4.69, 9.17) is 61.6 Å². The van der Waals surface area contributed by atoms with E-state index < -0.39 is 6.04 Å². The third-order valence-electron chi connectivity index (χ3n) is 21.7. The van der Waals surface area contributed by atoms with Gasteiger partial charge in [-0.3, -0.25) is 42.5 Å². The summed E-state index contributed by atoms with van der Waals surface area (Å²) in [5, 5.41) is 15.2. The fourth-order valence-corrected chi connectivity index (χ4v) is 16.3. The number of hydrogen-bond acceptors (Lipinski definition) is 20. The molecule has 0 radical (unpaired) electrons. The third kappa shape index (κ3) is 18.2. The Hall–Kier alpha value is -13.2. The van der Waals surface area contributed by atoms with Gasteiger partial charge in [-0.05, 0) is 187 Å². The molecule has 14 aromatic rings. The number of aromatic nitrogens is 9. The summed E-state index contributed by atoms with van der Waals surface area (Å²) in [6, 6.07) is 65.1. The summed E-state index contributed by atoms with van der Waals surface area (Å²) in [4.78, 5) is 116. The monoisotopic (exact) mass is 1740 g/mol. The number of carbonyl (C=O) groups excluding carboxylic acids is 3. The molecule has 0 saturated heterocycles. The number of amides is 3. The lowest BCUT2D eigenvalue weighted by molar-refractivity contribution is 0.0679. The van der Waals surface area contributed by atoms with Crippen molar-refractivity contribution in [3.63, 3.8) is 0 Å². The molecule has 6 aromatic heterocycles. The van der Waals surface area contributed by atoms with Crippen molar-refractivity contribution in [2.75, 3.05) is 60.0 Å². The molecular formula is C94H92Cl4N18O8. The Morgan fingerprint density at radius 1 is 0.403 bits per heavy atom. The van der Waals surface area contributed by atoms with Gasteiger partial charge in [-0.1, -0.05) is 162 Å². The second kappa shape index (κ2) is 38.0. The van der Waals surface area contributed by atoms with Gasteiger partial charge in [-0.25, -0.2) is 29.9 Å². The molecule has 0 saturated carbocycles. The van der Waals surface area contributed by atoms with E-state index in [-0.39, 0.29) is 69.8 Å². The zero-order chi connectivity index (χ0) is 87.9. The topological polar surface area (TPSA) is 291 Å². The molecule has 3 unspecified atom stereocenters. The number of nitrogens with zero attached hydrogens (tertiary/aromatic N) is 14. The molecule has 3 atom stereocenters. The fraction of sp³-hybridized carbons (Fsp3) is 0.234. The van der Waals surface area contributed by atoms with E-state index in [0.29, 0.717) is 127 Å². The molecule has 3 aliphatic heterocycles. The molecule has 8 aromatic carbocycles. The van der Waals surface area contributed by atoms with Crippen molar-refractivity contribution in [3.05, 3.63) is 327 Å². The third-order valence-corrected chi connectivity index (χ3v) is 22.9. The Morgan fingerprint density at radius 2 is 0.758 bits per heavy atom. The summed E-state index contributed by atoms with van der Waals surface area (Å²) in [7, 11) is 3.28. The maximum Gasteiger partial charge on any atom is 0.264 e. The minimum absolute atomic E-state index is 0.0159. The molecule has 3 aliphatic rings. The van der Waals surface area contributed by atoms with Crippen LogP contribution in [0.25, 0.3) is 49.4 Å². The van der Waals surface area contributed by atoms with E-state index in [9.17, 15) is 28.8 Å². The van der Waals surface area contributed by atoms with Crippen LogP contribution in [0.4, 0.5) is 29.1 Å². The maximum atomic E-state index is 13.9. The maximum absolute atomic E-state index is 13.9. The molecule has 3 amide bonds. The zero-order valence-electron chi connectivity index (χ0n) is 70.1. The Kier molecular flexibility index (Phi) is 26.7. The number of pyridine rings is 3. The molecule has 17 rings (SSSR count). The Balaban J connectivity index is 0.000000140. The minimum Gasteiger partial charge on any atom is -0.497 e. The molecule has 26 nitrogen and oxygen atoms in total. The second-order valence-corrected chi connectivity index (χ2v) is 32.4. The van der Waals surface area contributed by atoms with Crippen molar-refractivity contribution in [3.8, 4) is 28.6 Å². The van der Waals surface area contributed by atoms with Gasteiger partial charge in [0.05, 0.1) is 77.5 Å². The van der Waals surface area contributed by atoms with E-state index in [1.165, 1.54) is 19.0 Å². The van der Waals surface area contributed by atoms with Crippen molar-refractivity contribution in [2.45, 2.75) is 112 Å². The molecule has 124 heavy (non-hydrogen) atoms. The largest absolute Gasteiger partial charge is 0.497 e. The van der Waals surface area contributed by atoms with Gasteiger partial charge in [0, 0.05) is 71.4 Å². The number of methoxy groups -OCH3 is 2. The van der Waals surface area contributed by atoms with Crippen LogP contribution in [0.3, 0.4) is 0 Å². The SMILES string of the molecule is CC(N)c1cc2cccc(Cl)c2c(=O)n1-c1ccccc1.CC(Nc1ncnc2c1C(=O)N(C(C)C)CN2)c1cc2cccc(Cl)c2c(=O)n1-c1ccccc1.COc1ccc(CN2CN(C(C)C)C(=O)c3c(Cl)ncnc32)cc1.COc1ccc(CN2CN(C(C)C)C(=O)c3c(NC(C)c4cc5cccc(Cl)c5c(=O)n4-c4ccccc4)ncnc32)cc1. The number of anilines is 5. The predicted molar refractivity (Wildman–Crippen MR) is 492 cm³/mol. The molecule has 0 fully saturated rings. The standard InChI is InChI=1S/C34H33ClN6O3.C26H25ClN6O2.C17H19ClN4O2.C17H15ClN2O/c1-21(2)40-20-39(18-23-13-15-26(44-4)16-14-23)32-30(33(40)42)31(36-19-37-32)38-22(3)28-17-24-9-8-12-27(35)29(24)34(43)41(28)25-10-6-5-7-11-25;1-15(2)32-14-30-23-22(25(32)34)24(29-13-28-23)31-16(3)20-12-17-8-7-11-19(27)21(17)26(35)33(20)18-9-5-4-6-10-18;1-11(2)22-10-21(8-12-4-6-13(24-3)7-5-12)16-14(17(22)23)15(18)19-9-20-16;1-11(19)15-10-12-6-5-9-14(18)16(12)17(21)20(15)13-7-3-2-4-8-13/h5-17,19,21-22H,18,20H2,1-4H3,(H,36,37,38);4-13,15-16H,14H2,1-3H3,(H2,28,29,30,31);4-7,9,11H,8,10H2,1-3H3;2-11H,19H2,1H3. The van der Waals surface area contributed by atoms with Crippen LogP contribution >= 0.6 is 46.4 Å². The van der Waals surface area contributed by atoms with Crippen LogP contribution in [0.1, 0.15) is 140 Å². The first-order valence-corrected chi connectivity index (χ1v) is 41.8. The Morgan fingerprint density at radius 3 is 1.15 bits per heavy atom. The van der Waals surface area contributed by atoms with Crippen molar-refractivity contribution in [1.82, 2.24) is 58.3 Å². The number of carbonyl (C=O) groups is 3. The summed E-state index contributed by atoms with van der Waals surface area (Å²) < 4.78 is 15.5. The summed E-state index contributed by atoms with van der Waals surface area (Å²) in [5.41, 5.74) is 13.2. The number of rotatable bonds is 19. The number of fused-ring (bicyclic) bond motifs is 6. The van der Waals surface area contributed by atoms with Gasteiger partial charge in [-0.2, -0.15) is 0 Å². The van der Waals surface area contributed by atoms with Crippen LogP contribution in [-0.2, 0) is 13.1 Å². The second-order valence-electron chi connectivity index (χ2n) is 30.8. The van der Waals surface area contributed by atoms with Gasteiger partial charge in [0.2, 0.25) is 0 Å². The molecule has 5 N–H and O–H groups in total. The van der Waals surface area contributed by atoms with Crippen LogP contribution in [0.5, 0.6) is 11.5 Å². The molecule has 0 spiro atoms. The first-order valence-electron chi connectivity index (χ1n) is 40.3. The molecule has 30 heteroatoms. The first-order chi connectivity index (χ1) is 59.7. The van der Waals surface area contributed by atoms with E-state index in [0.717, 1.165) is 55.9 Å². The van der Waals surface area contributed by atoms with Crippen molar-refractivity contribution < 1.29 is 23.9 Å². The lowest BCUT2D eigenvalue weighted by atomic mass is 10.1. The summed E-state index contributed by atoms with van der Waals surface area (Å²) in [6.07, 6.45) is 4.28. The van der Waals surface area contributed by atoms with Gasteiger partial charge in [-0.15, -0.1) is 0 Å². The summed E-state index contributed by atoms with van der Waals surface area (Å²) in [5.74, 6) is 3.59. The van der Waals surface area contributed by atoms with E-state index in [1.807, 2.05) is 266 Å². The molecular weight excluding hydrogens is 1650 g/mol. The highest BCUT2D eigenvalue weighted by Crippen LogP contribution is 2.38. The van der Waals surface area contributed by atoms with Crippen molar-refractivity contribution in [1.29, 1.82) is 0 Å². The van der Waals surface area contributed by atoms with Gasteiger partial charge >= 0.3 is 0 Å². The number of benzene rings is 8. The van der Waals surface area contributed by atoms with Crippen molar-refractivity contribution in [2.24, 2.45) is 5.73 Å². The average molecular weight is 1740 g/mol. The summed E-state index contributed by atoms with van der Waals surface area (Å²) >= 11 is 25.3. The van der Waals surface area contributed by atoms with E-state index in [2.05, 4.69) is 50.8 Å². The van der Waals surface area contributed by atoms with Gasteiger partial charge < -0.3 is 55.7 Å². The first kappa shape index (κ1) is 87.1. The van der Waals surface area contributed by atoms with Crippen LogP contribution in [0.2, 0.25) is 20.2 Å². The lowest BCUT2D eigenvalue weighted by Gasteiger charge is -2.39. The fourth-order valence-electron chi connectivity index (χ4n) is 15.3. The van der Waals surface area contributed by atoms with Crippen LogP contribution in [-0.4, -0.2) is 128 Å². The molecule has 0 bridgehead atoms. The number of nitrogens with two attached hydrogens (primary N) is 1. The molecule has 634 valence electrons. The Bertz CT molecular complexity index is 6490. The predicted octanol–water partition coefficient (Wildman–Crippen LogP) is 17.9. The average Bonchev–Trinajstić information content (AvgIpc) is 0.776. The quantitative estimate of drug-likeness (QED) is 0.0547. The highest BCUT2D eigenvalue weighted by molar-refractivity contribution is 6.36. The minimum atomic E-state index is -0.428. The van der Waals surface area contributed by atoms with Gasteiger partial charge in [0.15, 0.2) is 0 Å². The number of ether oxygens (including phenoxy) is 2. The Labute approximate surface area is 736 Å². The number of nitrogens with one attached hydrogen (secondary N) is 3. The van der Waals surface area contributed by atoms with Crippen LogP contribution in [0, 0.1) is 0 Å². The van der Waals surface area contributed by atoms with E-state index >= 15 is 0 Å². The number of hydrogen-bond donors (Lipinski definition) is 4. The normalized spacial score (nSPS) is 13.7. The lowest BCUT2D eigenvalue weighted by Crippen LogP contribution is -2.50. The number of halogens is 4. The van der Waals surface area contributed by atoms with Crippen molar-refractivity contribution >= 4 is 126 Å². The molecule has 0 aliphatic carbocycles. The summed E-state index contributed by atoms with van der Waals surface area (Å²) in [6.45, 7) is 20.0. The molecule has 9 heterocycles. The van der Waals surface area contributed by atoms with Gasteiger partial charge in [0.1, 0.15) is 81.4 Å². The van der Waals surface area contributed by atoms with Crippen LogP contribution in [0.15, 0.2) is 246 Å².